The first kappa shape index (κ1) is 16.0. The number of aromatic nitrogens is 4. The van der Waals surface area contributed by atoms with Crippen LogP contribution in [0.25, 0.3) is 11.0 Å². The number of amides is 1. The zero-order valence-electron chi connectivity index (χ0n) is 13.5. The second-order valence-corrected chi connectivity index (χ2v) is 5.38. The Morgan fingerprint density at radius 2 is 2.17 bits per heavy atom. The van der Waals surface area contributed by atoms with Crippen LogP contribution in [-0.2, 0) is 18.4 Å². The second kappa shape index (κ2) is 6.69. The van der Waals surface area contributed by atoms with Crippen LogP contribution in [-0.4, -0.2) is 38.6 Å². The van der Waals surface area contributed by atoms with Crippen molar-refractivity contribution in [1.82, 2.24) is 24.9 Å². The van der Waals surface area contributed by atoms with Crippen molar-refractivity contribution in [2.24, 2.45) is 7.05 Å². The van der Waals surface area contributed by atoms with E-state index in [-0.39, 0.29) is 18.3 Å². The van der Waals surface area contributed by atoms with Gasteiger partial charge in [0.15, 0.2) is 18.2 Å². The van der Waals surface area contributed by atoms with Crippen LogP contribution in [0.1, 0.15) is 5.69 Å². The summed E-state index contributed by atoms with van der Waals surface area (Å²) < 4.78 is 22.1. The SMILES string of the molecule is Cc1nn(C)c2cnn(CCNC(=O)COc3ccccc3F)c12. The van der Waals surface area contributed by atoms with Crippen molar-refractivity contribution in [2.75, 3.05) is 13.2 Å². The molecule has 0 saturated carbocycles. The van der Waals surface area contributed by atoms with Gasteiger partial charge in [0.2, 0.25) is 0 Å². The predicted octanol–water partition coefficient (Wildman–Crippen LogP) is 1.41. The van der Waals surface area contributed by atoms with E-state index in [4.69, 9.17) is 4.74 Å². The first-order valence-corrected chi connectivity index (χ1v) is 7.55. The summed E-state index contributed by atoms with van der Waals surface area (Å²) in [6.45, 7) is 2.59. The normalized spacial score (nSPS) is 11.0. The molecule has 7 nitrogen and oxygen atoms in total. The number of rotatable bonds is 6. The second-order valence-electron chi connectivity index (χ2n) is 5.38. The van der Waals surface area contributed by atoms with Crippen molar-refractivity contribution in [3.63, 3.8) is 0 Å². The van der Waals surface area contributed by atoms with E-state index >= 15 is 0 Å². The van der Waals surface area contributed by atoms with Crippen molar-refractivity contribution >= 4 is 16.9 Å². The van der Waals surface area contributed by atoms with Crippen LogP contribution in [0.5, 0.6) is 5.75 Å². The molecule has 0 aliphatic heterocycles. The number of halogens is 1. The topological polar surface area (TPSA) is 74.0 Å². The van der Waals surface area contributed by atoms with Gasteiger partial charge >= 0.3 is 0 Å². The number of fused-ring (bicyclic) bond motifs is 1. The van der Waals surface area contributed by atoms with Crippen LogP contribution < -0.4 is 10.1 Å². The molecule has 126 valence electrons. The third-order valence-electron chi connectivity index (χ3n) is 3.65. The number of carbonyl (C=O) groups excluding carboxylic acids is 1. The smallest absolute Gasteiger partial charge is 0.258 e. The maximum Gasteiger partial charge on any atom is 0.258 e. The zero-order chi connectivity index (χ0) is 17.1. The van der Waals surface area contributed by atoms with E-state index in [0.717, 1.165) is 16.7 Å². The van der Waals surface area contributed by atoms with E-state index in [1.165, 1.54) is 12.1 Å². The third kappa shape index (κ3) is 3.22. The molecule has 2 heterocycles. The molecule has 0 spiro atoms. The molecular formula is C16H18FN5O2. The quantitative estimate of drug-likeness (QED) is 0.741. The molecular weight excluding hydrogens is 313 g/mol. The Morgan fingerprint density at radius 1 is 1.38 bits per heavy atom. The molecule has 0 unspecified atom stereocenters. The number of para-hydroxylation sites is 1. The minimum absolute atomic E-state index is 0.0624. The molecule has 0 atom stereocenters. The summed E-state index contributed by atoms with van der Waals surface area (Å²) in [6, 6.07) is 5.98. The van der Waals surface area contributed by atoms with Crippen LogP contribution in [0.15, 0.2) is 30.5 Å². The molecule has 0 bridgehead atoms. The molecule has 1 N–H and O–H groups in total. The molecule has 0 aliphatic rings. The standard InChI is InChI=1S/C16H18FN5O2/c1-11-16-13(21(2)20-11)9-19-22(16)8-7-18-15(23)10-24-14-6-4-3-5-12(14)17/h3-6,9H,7-8,10H2,1-2H3,(H,18,23). The monoisotopic (exact) mass is 331 g/mol. The summed E-state index contributed by atoms with van der Waals surface area (Å²) in [7, 11) is 1.86. The van der Waals surface area contributed by atoms with E-state index in [1.807, 2.05) is 14.0 Å². The average molecular weight is 331 g/mol. The van der Waals surface area contributed by atoms with Crippen LogP contribution in [0, 0.1) is 12.7 Å². The Labute approximate surface area is 138 Å². The number of carbonyl (C=O) groups is 1. The number of hydrogen-bond acceptors (Lipinski definition) is 4. The predicted molar refractivity (Wildman–Crippen MR) is 86.1 cm³/mol. The lowest BCUT2D eigenvalue weighted by Crippen LogP contribution is -2.31. The fourth-order valence-corrected chi connectivity index (χ4v) is 2.54. The number of nitrogens with one attached hydrogen (secondary N) is 1. The molecule has 2 aromatic heterocycles. The summed E-state index contributed by atoms with van der Waals surface area (Å²) in [5.74, 6) is -0.742. The van der Waals surface area contributed by atoms with E-state index < -0.39 is 5.82 Å². The summed E-state index contributed by atoms with van der Waals surface area (Å²) in [5, 5.41) is 11.4. The van der Waals surface area contributed by atoms with Crippen molar-refractivity contribution in [3.8, 4) is 5.75 Å². The molecule has 8 heteroatoms. The Kier molecular flexibility index (Phi) is 4.45. The maximum atomic E-state index is 13.4. The van der Waals surface area contributed by atoms with Gasteiger partial charge in [-0.25, -0.2) is 4.39 Å². The lowest BCUT2D eigenvalue weighted by molar-refractivity contribution is -0.123. The first-order chi connectivity index (χ1) is 11.6. The number of nitrogens with zero attached hydrogens (tertiary/aromatic N) is 4. The molecule has 3 aromatic rings. The van der Waals surface area contributed by atoms with Gasteiger partial charge in [-0.3, -0.25) is 14.2 Å². The van der Waals surface area contributed by atoms with Crippen LogP contribution in [0.4, 0.5) is 4.39 Å². The Hall–Kier alpha value is -2.90. The Bertz CT molecular complexity index is 871. The summed E-state index contributed by atoms with van der Waals surface area (Å²) >= 11 is 0. The van der Waals surface area contributed by atoms with E-state index in [2.05, 4.69) is 15.5 Å². The molecule has 1 aromatic carbocycles. The first-order valence-electron chi connectivity index (χ1n) is 7.55. The lowest BCUT2D eigenvalue weighted by atomic mass is 10.3. The fourth-order valence-electron chi connectivity index (χ4n) is 2.54. The van der Waals surface area contributed by atoms with E-state index in [9.17, 15) is 9.18 Å². The van der Waals surface area contributed by atoms with Gasteiger partial charge in [0.25, 0.3) is 5.91 Å². The molecule has 3 rings (SSSR count). The highest BCUT2D eigenvalue weighted by atomic mass is 19.1. The third-order valence-corrected chi connectivity index (χ3v) is 3.65. The number of ether oxygens (including phenoxy) is 1. The Morgan fingerprint density at radius 3 is 2.96 bits per heavy atom. The lowest BCUT2D eigenvalue weighted by Gasteiger charge is -2.08. The van der Waals surface area contributed by atoms with Crippen molar-refractivity contribution in [1.29, 1.82) is 0 Å². The summed E-state index contributed by atoms with van der Waals surface area (Å²) in [5.41, 5.74) is 2.79. The van der Waals surface area contributed by atoms with E-state index in [1.54, 1.807) is 27.7 Å². The molecule has 24 heavy (non-hydrogen) atoms. The number of hydrogen-bond donors (Lipinski definition) is 1. The van der Waals surface area contributed by atoms with Gasteiger partial charge in [-0.2, -0.15) is 10.2 Å². The number of benzene rings is 1. The maximum absolute atomic E-state index is 13.4. The highest BCUT2D eigenvalue weighted by molar-refractivity contribution is 5.78. The zero-order valence-corrected chi connectivity index (χ0v) is 13.5. The molecule has 0 fully saturated rings. The molecule has 0 aliphatic carbocycles. The van der Waals surface area contributed by atoms with Crippen molar-refractivity contribution in [2.45, 2.75) is 13.5 Å². The van der Waals surface area contributed by atoms with Gasteiger partial charge in [-0.1, -0.05) is 12.1 Å². The van der Waals surface area contributed by atoms with Crippen molar-refractivity contribution < 1.29 is 13.9 Å². The van der Waals surface area contributed by atoms with Gasteiger partial charge in [-0.05, 0) is 19.1 Å². The molecule has 1 amide bonds. The van der Waals surface area contributed by atoms with Crippen LogP contribution in [0.3, 0.4) is 0 Å². The van der Waals surface area contributed by atoms with E-state index in [0.29, 0.717) is 13.1 Å². The minimum atomic E-state index is -0.490. The highest BCUT2D eigenvalue weighted by Gasteiger charge is 2.11. The van der Waals surface area contributed by atoms with Gasteiger partial charge in [-0.15, -0.1) is 0 Å². The average Bonchev–Trinajstić information content (AvgIpc) is 3.09. The molecule has 0 saturated heterocycles. The largest absolute Gasteiger partial charge is 0.481 e. The van der Waals surface area contributed by atoms with Crippen molar-refractivity contribution in [3.05, 3.63) is 42.0 Å². The Balaban J connectivity index is 1.51. The summed E-state index contributed by atoms with van der Waals surface area (Å²) in [4.78, 5) is 11.8. The van der Waals surface area contributed by atoms with Gasteiger partial charge in [0.1, 0.15) is 11.0 Å². The summed E-state index contributed by atoms with van der Waals surface area (Å²) in [6.07, 6.45) is 1.75. The number of aryl methyl sites for hydroxylation is 2. The minimum Gasteiger partial charge on any atom is -0.481 e. The van der Waals surface area contributed by atoms with Crippen LogP contribution in [0.2, 0.25) is 0 Å². The van der Waals surface area contributed by atoms with Gasteiger partial charge in [0, 0.05) is 13.6 Å². The highest BCUT2D eigenvalue weighted by Crippen LogP contribution is 2.16. The van der Waals surface area contributed by atoms with Gasteiger partial charge in [0.05, 0.1) is 18.4 Å². The fraction of sp³-hybridized carbons (Fsp3) is 0.312. The van der Waals surface area contributed by atoms with Crippen LogP contribution >= 0.6 is 0 Å². The van der Waals surface area contributed by atoms with Gasteiger partial charge < -0.3 is 10.1 Å². The molecule has 0 radical (unpaired) electrons.